The quantitative estimate of drug-likeness (QED) is 0.801. The first-order chi connectivity index (χ1) is 10.9. The molecular formula is C18H16N2O2S. The largest absolute Gasteiger partial charge is 0.383 e. The fourth-order valence-electron chi connectivity index (χ4n) is 2.38. The van der Waals surface area contributed by atoms with Gasteiger partial charge in [0.25, 0.3) is 0 Å². The van der Waals surface area contributed by atoms with Gasteiger partial charge >= 0.3 is 0 Å². The van der Waals surface area contributed by atoms with Crippen LogP contribution in [0.5, 0.6) is 0 Å². The Morgan fingerprint density at radius 1 is 0.870 bits per heavy atom. The van der Waals surface area contributed by atoms with Gasteiger partial charge in [-0.2, -0.15) is 0 Å². The van der Waals surface area contributed by atoms with Gasteiger partial charge in [0.15, 0.2) is 9.84 Å². The first-order valence-corrected chi connectivity index (χ1v) is 8.96. The van der Waals surface area contributed by atoms with Gasteiger partial charge in [0, 0.05) is 23.6 Å². The van der Waals surface area contributed by atoms with E-state index in [1.165, 1.54) is 6.26 Å². The van der Waals surface area contributed by atoms with Crippen LogP contribution < -0.4 is 5.73 Å². The summed E-state index contributed by atoms with van der Waals surface area (Å²) in [5, 5.41) is 0. The summed E-state index contributed by atoms with van der Waals surface area (Å²) in [7, 11) is -3.20. The van der Waals surface area contributed by atoms with E-state index in [1.807, 2.05) is 36.4 Å². The molecule has 0 radical (unpaired) electrons. The normalized spacial score (nSPS) is 11.3. The lowest BCUT2D eigenvalue weighted by Crippen LogP contribution is -1.97. The van der Waals surface area contributed by atoms with Crippen molar-refractivity contribution in [2.45, 2.75) is 4.90 Å². The molecule has 0 aliphatic heterocycles. The number of nitrogens with two attached hydrogens (primary N) is 1. The standard InChI is InChI=1S/C18H16N2O2S/c1-23(21,22)16-9-7-13(8-10-16)15-11-17(18(19)20-12-15)14-5-3-2-4-6-14/h2-12H,1H3,(H2,19,20). The first-order valence-electron chi connectivity index (χ1n) is 7.06. The molecule has 4 nitrogen and oxygen atoms in total. The van der Waals surface area contributed by atoms with Crippen molar-refractivity contribution in [3.05, 3.63) is 66.9 Å². The first kappa shape index (κ1) is 15.2. The molecular weight excluding hydrogens is 308 g/mol. The van der Waals surface area contributed by atoms with Crippen LogP contribution >= 0.6 is 0 Å². The summed E-state index contributed by atoms with van der Waals surface area (Å²) in [6, 6.07) is 18.5. The van der Waals surface area contributed by atoms with Crippen LogP contribution in [0.1, 0.15) is 0 Å². The van der Waals surface area contributed by atoms with Crippen molar-refractivity contribution in [2.24, 2.45) is 0 Å². The van der Waals surface area contributed by atoms with Crippen molar-refractivity contribution in [3.8, 4) is 22.3 Å². The Hall–Kier alpha value is -2.66. The second-order valence-corrected chi connectivity index (χ2v) is 7.34. The molecule has 0 bridgehead atoms. The minimum atomic E-state index is -3.20. The second kappa shape index (κ2) is 5.85. The summed E-state index contributed by atoms with van der Waals surface area (Å²) in [6.07, 6.45) is 2.89. The Balaban J connectivity index is 2.05. The van der Waals surface area contributed by atoms with Crippen molar-refractivity contribution in [2.75, 3.05) is 12.0 Å². The number of sulfone groups is 1. The van der Waals surface area contributed by atoms with Gasteiger partial charge in [0.2, 0.25) is 0 Å². The summed E-state index contributed by atoms with van der Waals surface area (Å²) in [5.41, 5.74) is 9.62. The van der Waals surface area contributed by atoms with E-state index in [2.05, 4.69) is 4.98 Å². The summed E-state index contributed by atoms with van der Waals surface area (Å²) in [4.78, 5) is 4.56. The van der Waals surface area contributed by atoms with Crippen molar-refractivity contribution in [1.29, 1.82) is 0 Å². The average molecular weight is 324 g/mol. The lowest BCUT2D eigenvalue weighted by atomic mass is 10.0. The highest BCUT2D eigenvalue weighted by atomic mass is 32.2. The van der Waals surface area contributed by atoms with Gasteiger partial charge in [-0.3, -0.25) is 0 Å². The molecule has 0 aliphatic rings. The molecule has 0 fully saturated rings. The molecule has 0 unspecified atom stereocenters. The van der Waals surface area contributed by atoms with Crippen molar-refractivity contribution in [1.82, 2.24) is 4.98 Å². The van der Waals surface area contributed by atoms with Gasteiger partial charge in [-0.25, -0.2) is 13.4 Å². The molecule has 0 saturated heterocycles. The van der Waals surface area contributed by atoms with E-state index in [0.717, 1.165) is 22.3 Å². The minimum absolute atomic E-state index is 0.299. The summed E-state index contributed by atoms with van der Waals surface area (Å²) in [5.74, 6) is 0.465. The van der Waals surface area contributed by atoms with Crippen LogP contribution in [0, 0.1) is 0 Å². The van der Waals surface area contributed by atoms with Crippen LogP contribution in [-0.4, -0.2) is 19.7 Å². The maximum absolute atomic E-state index is 11.5. The number of nitrogen functional groups attached to an aromatic ring is 1. The molecule has 5 heteroatoms. The van der Waals surface area contributed by atoms with Gasteiger partial charge in [0.05, 0.1) is 4.90 Å². The van der Waals surface area contributed by atoms with E-state index in [-0.39, 0.29) is 0 Å². The number of benzene rings is 2. The molecule has 3 aromatic rings. The molecule has 2 aromatic carbocycles. The third-order valence-corrected chi connectivity index (χ3v) is 4.75. The number of pyridine rings is 1. The molecule has 0 amide bonds. The zero-order valence-electron chi connectivity index (χ0n) is 12.6. The number of anilines is 1. The highest BCUT2D eigenvalue weighted by molar-refractivity contribution is 7.90. The van der Waals surface area contributed by atoms with Crippen LogP contribution in [0.4, 0.5) is 5.82 Å². The zero-order valence-corrected chi connectivity index (χ0v) is 13.4. The number of hydrogen-bond acceptors (Lipinski definition) is 4. The molecule has 116 valence electrons. The smallest absolute Gasteiger partial charge is 0.175 e. The fraction of sp³-hybridized carbons (Fsp3) is 0.0556. The van der Waals surface area contributed by atoms with Gasteiger partial charge in [-0.1, -0.05) is 42.5 Å². The number of nitrogens with zero attached hydrogens (tertiary/aromatic N) is 1. The number of rotatable bonds is 3. The maximum Gasteiger partial charge on any atom is 0.175 e. The number of hydrogen-bond donors (Lipinski definition) is 1. The van der Waals surface area contributed by atoms with Crippen LogP contribution in [0.2, 0.25) is 0 Å². The monoisotopic (exact) mass is 324 g/mol. The summed E-state index contributed by atoms with van der Waals surface area (Å²) in [6.45, 7) is 0. The Bertz CT molecular complexity index is 935. The van der Waals surface area contributed by atoms with Gasteiger partial charge < -0.3 is 5.73 Å². The van der Waals surface area contributed by atoms with Gasteiger partial charge in [0.1, 0.15) is 5.82 Å². The van der Waals surface area contributed by atoms with Crippen molar-refractivity contribution in [3.63, 3.8) is 0 Å². The molecule has 0 spiro atoms. The van der Waals surface area contributed by atoms with Crippen molar-refractivity contribution < 1.29 is 8.42 Å². The predicted octanol–water partition coefficient (Wildman–Crippen LogP) is 3.40. The van der Waals surface area contributed by atoms with Crippen LogP contribution in [0.3, 0.4) is 0 Å². The van der Waals surface area contributed by atoms with E-state index >= 15 is 0 Å². The molecule has 3 rings (SSSR count). The summed E-state index contributed by atoms with van der Waals surface area (Å²) >= 11 is 0. The molecule has 2 N–H and O–H groups in total. The SMILES string of the molecule is CS(=O)(=O)c1ccc(-c2cnc(N)c(-c3ccccc3)c2)cc1. The average Bonchev–Trinajstić information content (AvgIpc) is 2.55. The van der Waals surface area contributed by atoms with Crippen LogP contribution in [0.15, 0.2) is 71.8 Å². The second-order valence-electron chi connectivity index (χ2n) is 5.32. The highest BCUT2D eigenvalue weighted by Crippen LogP contribution is 2.29. The van der Waals surface area contributed by atoms with Gasteiger partial charge in [-0.05, 0) is 29.3 Å². The lowest BCUT2D eigenvalue weighted by molar-refractivity contribution is 0.602. The summed E-state index contributed by atoms with van der Waals surface area (Å²) < 4.78 is 23.1. The van der Waals surface area contributed by atoms with E-state index < -0.39 is 9.84 Å². The molecule has 23 heavy (non-hydrogen) atoms. The van der Waals surface area contributed by atoms with E-state index in [1.54, 1.807) is 30.5 Å². The third kappa shape index (κ3) is 3.24. The molecule has 0 saturated carbocycles. The van der Waals surface area contributed by atoms with E-state index in [4.69, 9.17) is 5.73 Å². The Kier molecular flexibility index (Phi) is 3.88. The number of aromatic nitrogens is 1. The van der Waals surface area contributed by atoms with Crippen molar-refractivity contribution >= 4 is 15.7 Å². The Morgan fingerprint density at radius 3 is 2.13 bits per heavy atom. The molecule has 0 aliphatic carbocycles. The molecule has 0 atom stereocenters. The zero-order chi connectivity index (χ0) is 16.4. The molecule has 1 heterocycles. The van der Waals surface area contributed by atoms with Gasteiger partial charge in [-0.15, -0.1) is 0 Å². The third-order valence-electron chi connectivity index (χ3n) is 3.62. The lowest BCUT2D eigenvalue weighted by Gasteiger charge is -2.09. The van der Waals surface area contributed by atoms with E-state index in [9.17, 15) is 8.42 Å². The van der Waals surface area contributed by atoms with Crippen LogP contribution in [0.25, 0.3) is 22.3 Å². The fourth-order valence-corrected chi connectivity index (χ4v) is 3.01. The van der Waals surface area contributed by atoms with E-state index in [0.29, 0.717) is 10.7 Å². The highest BCUT2D eigenvalue weighted by Gasteiger charge is 2.09. The molecule has 1 aromatic heterocycles. The minimum Gasteiger partial charge on any atom is -0.383 e. The topological polar surface area (TPSA) is 73.0 Å². The maximum atomic E-state index is 11.5. The Morgan fingerprint density at radius 2 is 1.52 bits per heavy atom. The Labute approximate surface area is 135 Å². The predicted molar refractivity (Wildman–Crippen MR) is 92.6 cm³/mol. The van der Waals surface area contributed by atoms with Crippen LogP contribution in [-0.2, 0) is 9.84 Å².